The highest BCUT2D eigenvalue weighted by molar-refractivity contribution is 7.43. The number of rotatable bonds is 2. The molecule has 3 heteroatoms. The topological polar surface area (TPSA) is 37.3 Å². The summed E-state index contributed by atoms with van der Waals surface area (Å²) in [5.74, 6) is 0. The summed E-state index contributed by atoms with van der Waals surface area (Å²) in [7, 11) is -1.14. The molecule has 0 aliphatic carbocycles. The molecule has 0 aliphatic heterocycles. The first-order valence-electron chi connectivity index (χ1n) is 2.19. The molecule has 0 radical (unpaired) electrons. The van der Waals surface area contributed by atoms with E-state index in [-0.39, 0.29) is 0 Å². The number of aliphatic hydroxyl groups excluding tert-OH is 1. The summed E-state index contributed by atoms with van der Waals surface area (Å²) < 4.78 is 10.2. The third kappa shape index (κ3) is 6.06. The minimum Gasteiger partial charge on any atom is -0.389 e. The van der Waals surface area contributed by atoms with Crippen molar-refractivity contribution in [2.75, 3.05) is 12.8 Å². The van der Waals surface area contributed by atoms with Crippen molar-refractivity contribution in [3.63, 3.8) is 0 Å². The average Bonchev–Trinajstić information content (AvgIpc) is 1.27. The molecule has 0 aromatic rings. The van der Waals surface area contributed by atoms with Crippen molar-refractivity contribution in [3.05, 3.63) is 0 Å². The molecule has 0 aromatic heterocycles. The Hall–Kier alpha value is 0.0600. The van der Waals surface area contributed by atoms with Gasteiger partial charge in [-0.05, 0) is 6.92 Å². The van der Waals surface area contributed by atoms with Crippen LogP contribution in [0.1, 0.15) is 6.92 Å². The molecule has 0 amide bonds. The molecule has 0 aromatic carbocycles. The molecule has 0 heterocycles. The lowest BCUT2D eigenvalue weighted by molar-refractivity contribution is 0.218. The highest BCUT2D eigenvalue weighted by atomic mass is 31.1. The van der Waals surface area contributed by atoms with Gasteiger partial charge in [0.05, 0.1) is 6.10 Å². The predicted octanol–water partition coefficient (Wildman–Crippen LogP) is 0.824. The first kappa shape index (κ1) is 7.06. The zero-order valence-corrected chi connectivity index (χ0v) is 5.48. The quantitative estimate of drug-likeness (QED) is 0.549. The van der Waals surface area contributed by atoms with E-state index in [0.29, 0.717) is 6.16 Å². The van der Waals surface area contributed by atoms with E-state index in [9.17, 15) is 4.57 Å². The van der Waals surface area contributed by atoms with Gasteiger partial charge in [0, 0.05) is 0 Å². The van der Waals surface area contributed by atoms with Gasteiger partial charge in [-0.15, -0.1) is 0 Å². The summed E-state index contributed by atoms with van der Waals surface area (Å²) in [6.45, 7) is 3.25. The van der Waals surface area contributed by atoms with Gasteiger partial charge in [-0.25, -0.2) is 0 Å². The third-order valence-corrected chi connectivity index (χ3v) is 1.56. The monoisotopic (exact) mass is 121 g/mol. The summed E-state index contributed by atoms with van der Waals surface area (Å²) in [6.07, 6.45) is 0.0172. The van der Waals surface area contributed by atoms with E-state index < -0.39 is 13.9 Å². The second-order valence-electron chi connectivity index (χ2n) is 1.66. The van der Waals surface area contributed by atoms with Gasteiger partial charge in [-0.1, -0.05) is 4.57 Å². The first-order valence-corrected chi connectivity index (χ1v) is 4.08. The first-order chi connectivity index (χ1) is 3.13. The fourth-order valence-corrected chi connectivity index (χ4v) is 1.12. The number of hydrogen-bond donors (Lipinski definition) is 1. The van der Waals surface area contributed by atoms with Crippen LogP contribution >= 0.6 is 7.80 Å². The van der Waals surface area contributed by atoms with Crippen LogP contribution < -0.4 is 0 Å². The number of hydrogen-bond acceptors (Lipinski definition) is 2. The maximum absolute atomic E-state index is 10.2. The summed E-state index contributed by atoms with van der Waals surface area (Å²) in [5, 5.41) is 8.54. The van der Waals surface area contributed by atoms with Gasteiger partial charge in [0.2, 0.25) is 0 Å². The zero-order valence-electron chi connectivity index (χ0n) is 4.59. The Morgan fingerprint density at radius 3 is 2.29 bits per heavy atom. The van der Waals surface area contributed by atoms with Crippen molar-refractivity contribution in [3.8, 4) is 0 Å². The summed E-state index contributed by atoms with van der Waals surface area (Å²) >= 11 is 0. The molecule has 7 heavy (non-hydrogen) atoms. The third-order valence-electron chi connectivity index (χ3n) is 0.521. The molecule has 2 atom stereocenters. The minimum atomic E-state index is -1.14. The van der Waals surface area contributed by atoms with Crippen LogP contribution in [-0.2, 0) is 4.57 Å². The molecule has 0 saturated carbocycles. The minimum absolute atomic E-state index is 0.409. The van der Waals surface area contributed by atoms with Crippen LogP contribution in [-0.4, -0.2) is 24.0 Å². The normalized spacial score (nSPS) is 16.1. The molecule has 0 fully saturated rings. The largest absolute Gasteiger partial charge is 0.389 e. The zero-order chi connectivity index (χ0) is 5.86. The van der Waals surface area contributed by atoms with Crippen LogP contribution in [0.4, 0.5) is 0 Å². The molecular weight excluding hydrogens is 111 g/mol. The molecule has 1 N–H and O–H groups in total. The molecule has 0 spiro atoms. The molecule has 0 rings (SSSR count). The average molecular weight is 121 g/mol. The van der Waals surface area contributed by atoms with Crippen molar-refractivity contribution in [1.29, 1.82) is 0 Å². The Kier molecular flexibility index (Phi) is 3.14. The van der Waals surface area contributed by atoms with E-state index in [1.807, 2.05) is 0 Å². The van der Waals surface area contributed by atoms with Crippen LogP contribution in [0.15, 0.2) is 0 Å². The van der Waals surface area contributed by atoms with E-state index in [4.69, 9.17) is 5.11 Å². The van der Waals surface area contributed by atoms with Crippen LogP contribution in [0, 0.1) is 0 Å². The number of aliphatic hydroxyl groups is 1. The fourth-order valence-electron chi connectivity index (χ4n) is 0.372. The maximum Gasteiger partial charge on any atom is 0.338 e. The molecule has 2 nitrogen and oxygen atoms in total. The van der Waals surface area contributed by atoms with Gasteiger partial charge >= 0.3 is 7.80 Å². The van der Waals surface area contributed by atoms with E-state index >= 15 is 0 Å². The lowest BCUT2D eigenvalue weighted by atomic mass is 10.5. The molecule has 2 unspecified atom stereocenters. The lowest BCUT2D eigenvalue weighted by Crippen LogP contribution is -2.01. The predicted molar refractivity (Wildman–Crippen MR) is 30.1 cm³/mol. The van der Waals surface area contributed by atoms with Gasteiger partial charge < -0.3 is 5.11 Å². The van der Waals surface area contributed by atoms with Gasteiger partial charge in [0.15, 0.2) is 6.16 Å². The summed E-state index contributed by atoms with van der Waals surface area (Å²) in [6, 6.07) is 0. The van der Waals surface area contributed by atoms with Crippen molar-refractivity contribution in [2.24, 2.45) is 0 Å². The Labute approximate surface area is 44.3 Å². The van der Waals surface area contributed by atoms with Crippen molar-refractivity contribution in [2.45, 2.75) is 13.0 Å². The SMILES string of the molecule is CC(O)C[P+](C)=O. The van der Waals surface area contributed by atoms with E-state index in [1.54, 1.807) is 13.6 Å². The highest BCUT2D eigenvalue weighted by Gasteiger charge is 2.08. The van der Waals surface area contributed by atoms with E-state index in [2.05, 4.69) is 0 Å². The molecule has 0 saturated heterocycles. The van der Waals surface area contributed by atoms with Crippen LogP contribution in [0.2, 0.25) is 0 Å². The van der Waals surface area contributed by atoms with Crippen LogP contribution in [0.3, 0.4) is 0 Å². The second kappa shape index (κ2) is 3.11. The highest BCUT2D eigenvalue weighted by Crippen LogP contribution is 2.13. The van der Waals surface area contributed by atoms with E-state index in [1.165, 1.54) is 0 Å². The van der Waals surface area contributed by atoms with Crippen molar-refractivity contribution in [1.82, 2.24) is 0 Å². The summed E-state index contributed by atoms with van der Waals surface area (Å²) in [4.78, 5) is 0. The molecule has 0 bridgehead atoms. The Balaban J connectivity index is 3.13. The van der Waals surface area contributed by atoms with Crippen molar-refractivity contribution >= 4 is 7.80 Å². The van der Waals surface area contributed by atoms with Crippen molar-refractivity contribution < 1.29 is 9.67 Å². The van der Waals surface area contributed by atoms with Gasteiger partial charge in [0.25, 0.3) is 0 Å². The maximum atomic E-state index is 10.2. The molecule has 0 aliphatic rings. The smallest absolute Gasteiger partial charge is 0.338 e. The lowest BCUT2D eigenvalue weighted by Gasteiger charge is -1.87. The molecular formula is C4H10O2P+. The van der Waals surface area contributed by atoms with Gasteiger partial charge in [-0.3, -0.25) is 0 Å². The standard InChI is InChI=1S/C4H10O2P/c1-4(5)3-7(2)6/h4-5H,3H2,1-2H3/q+1. The molecule has 42 valence electrons. The Morgan fingerprint density at radius 2 is 2.29 bits per heavy atom. The fraction of sp³-hybridized carbons (Fsp3) is 1.00. The van der Waals surface area contributed by atoms with Gasteiger partial charge in [0.1, 0.15) is 6.66 Å². The van der Waals surface area contributed by atoms with Crippen LogP contribution in [0.25, 0.3) is 0 Å². The van der Waals surface area contributed by atoms with Gasteiger partial charge in [-0.2, -0.15) is 0 Å². The Morgan fingerprint density at radius 1 is 1.86 bits per heavy atom. The van der Waals surface area contributed by atoms with Crippen LogP contribution in [0.5, 0.6) is 0 Å². The second-order valence-corrected chi connectivity index (χ2v) is 3.28. The van der Waals surface area contributed by atoms with E-state index in [0.717, 1.165) is 0 Å². The Bertz CT molecular complexity index is 70.1. The summed E-state index contributed by atoms with van der Waals surface area (Å²) in [5.41, 5.74) is 0.